The summed E-state index contributed by atoms with van der Waals surface area (Å²) in [5, 5.41) is 5.60. The molecule has 4 amide bonds. The van der Waals surface area contributed by atoms with Crippen molar-refractivity contribution in [1.82, 2.24) is 15.5 Å². The minimum absolute atomic E-state index is 0.177. The topological polar surface area (TPSA) is 78.5 Å². The van der Waals surface area contributed by atoms with Gasteiger partial charge in [0.15, 0.2) is 0 Å². The van der Waals surface area contributed by atoms with Crippen LogP contribution < -0.4 is 10.6 Å². The Morgan fingerprint density at radius 3 is 2.25 bits per heavy atom. The van der Waals surface area contributed by atoms with Crippen molar-refractivity contribution in [1.29, 1.82) is 0 Å². The molecule has 1 heterocycles. The summed E-state index contributed by atoms with van der Waals surface area (Å²) >= 11 is 0. The third kappa shape index (κ3) is 2.51. The highest BCUT2D eigenvalue weighted by Crippen LogP contribution is 2.44. The molecule has 2 saturated carbocycles. The van der Waals surface area contributed by atoms with E-state index in [1.807, 2.05) is 0 Å². The van der Waals surface area contributed by atoms with Gasteiger partial charge in [-0.1, -0.05) is 0 Å². The Morgan fingerprint density at radius 1 is 1.30 bits per heavy atom. The number of hydrogen-bond acceptors (Lipinski definition) is 3. The molecule has 0 unspecified atom stereocenters. The van der Waals surface area contributed by atoms with Crippen LogP contribution in [0, 0.1) is 11.8 Å². The van der Waals surface area contributed by atoms with E-state index in [-0.39, 0.29) is 24.4 Å². The zero-order chi connectivity index (χ0) is 14.5. The van der Waals surface area contributed by atoms with Crippen LogP contribution in [0.2, 0.25) is 0 Å². The van der Waals surface area contributed by atoms with E-state index in [9.17, 15) is 14.4 Å². The lowest BCUT2D eigenvalue weighted by atomic mass is 10.1. The molecule has 0 radical (unpaired) electrons. The molecule has 3 rings (SSSR count). The van der Waals surface area contributed by atoms with Gasteiger partial charge in [-0.3, -0.25) is 14.5 Å². The van der Waals surface area contributed by atoms with E-state index in [1.165, 1.54) is 25.7 Å². The molecule has 0 bridgehead atoms. The van der Waals surface area contributed by atoms with Crippen molar-refractivity contribution in [3.05, 3.63) is 0 Å². The van der Waals surface area contributed by atoms with Gasteiger partial charge < -0.3 is 10.6 Å². The summed E-state index contributed by atoms with van der Waals surface area (Å²) in [6, 6.07) is -0.235. The van der Waals surface area contributed by atoms with Gasteiger partial charge in [-0.15, -0.1) is 0 Å². The number of amides is 4. The summed E-state index contributed by atoms with van der Waals surface area (Å²) in [6.45, 7) is 3.11. The molecule has 3 fully saturated rings. The van der Waals surface area contributed by atoms with Crippen molar-refractivity contribution in [3.63, 3.8) is 0 Å². The summed E-state index contributed by atoms with van der Waals surface area (Å²) in [5.74, 6) is 0.638. The van der Waals surface area contributed by atoms with Gasteiger partial charge in [-0.2, -0.15) is 0 Å². The van der Waals surface area contributed by atoms with Crippen molar-refractivity contribution < 1.29 is 14.4 Å². The first-order valence-electron chi connectivity index (χ1n) is 7.32. The average Bonchev–Trinajstić information content (AvgIpc) is 3.24. The first-order valence-corrected chi connectivity index (χ1v) is 7.32. The van der Waals surface area contributed by atoms with Crippen LogP contribution in [-0.2, 0) is 9.59 Å². The van der Waals surface area contributed by atoms with E-state index in [0.29, 0.717) is 11.8 Å². The molecule has 0 atom stereocenters. The lowest BCUT2D eigenvalue weighted by Crippen LogP contribution is -2.46. The molecule has 1 saturated heterocycles. The maximum atomic E-state index is 12.1. The quantitative estimate of drug-likeness (QED) is 0.724. The molecule has 0 aromatic rings. The van der Waals surface area contributed by atoms with E-state index in [1.54, 1.807) is 13.8 Å². The Bertz CT molecular complexity index is 454. The molecule has 2 aliphatic carbocycles. The Morgan fingerprint density at radius 2 is 1.85 bits per heavy atom. The Kier molecular flexibility index (Phi) is 2.99. The second-order valence-corrected chi connectivity index (χ2v) is 6.71. The van der Waals surface area contributed by atoms with Gasteiger partial charge in [0, 0.05) is 6.04 Å². The zero-order valence-corrected chi connectivity index (χ0v) is 11.9. The fraction of sp³-hybridized carbons (Fsp3) is 0.786. The number of rotatable bonds is 5. The van der Waals surface area contributed by atoms with Gasteiger partial charge in [0.1, 0.15) is 12.1 Å². The molecule has 0 aromatic heterocycles. The minimum Gasteiger partial charge on any atom is -0.351 e. The number of carbonyl (C=O) groups is 3. The zero-order valence-electron chi connectivity index (χ0n) is 11.9. The van der Waals surface area contributed by atoms with Gasteiger partial charge in [-0.05, 0) is 51.4 Å². The summed E-state index contributed by atoms with van der Waals surface area (Å²) in [7, 11) is 0. The second kappa shape index (κ2) is 4.46. The molecule has 2 N–H and O–H groups in total. The van der Waals surface area contributed by atoms with Crippen molar-refractivity contribution >= 4 is 17.8 Å². The van der Waals surface area contributed by atoms with Crippen LogP contribution in [0.5, 0.6) is 0 Å². The first-order chi connectivity index (χ1) is 9.38. The fourth-order valence-corrected chi connectivity index (χ4v) is 2.87. The molecule has 3 aliphatic rings. The van der Waals surface area contributed by atoms with Crippen molar-refractivity contribution in [3.8, 4) is 0 Å². The molecule has 110 valence electrons. The monoisotopic (exact) mass is 279 g/mol. The SMILES string of the molecule is CC1(C)NC(=O)N(CC(=O)NC(C2CC2)C2CC2)C1=O. The first kappa shape index (κ1) is 13.4. The maximum absolute atomic E-state index is 12.1. The largest absolute Gasteiger partial charge is 0.351 e. The Labute approximate surface area is 118 Å². The normalized spacial score (nSPS) is 25.1. The fourth-order valence-electron chi connectivity index (χ4n) is 2.87. The van der Waals surface area contributed by atoms with Crippen LogP contribution in [0.15, 0.2) is 0 Å². The predicted molar refractivity (Wildman–Crippen MR) is 71.7 cm³/mol. The van der Waals surface area contributed by atoms with E-state index in [0.717, 1.165) is 4.90 Å². The highest BCUT2D eigenvalue weighted by Gasteiger charge is 2.46. The molecule has 0 spiro atoms. The highest BCUT2D eigenvalue weighted by atomic mass is 16.2. The number of imide groups is 1. The van der Waals surface area contributed by atoms with E-state index < -0.39 is 11.6 Å². The van der Waals surface area contributed by atoms with Gasteiger partial charge >= 0.3 is 6.03 Å². The smallest absolute Gasteiger partial charge is 0.325 e. The summed E-state index contributed by atoms with van der Waals surface area (Å²) in [5.41, 5.74) is -0.913. The summed E-state index contributed by atoms with van der Waals surface area (Å²) in [6.07, 6.45) is 4.71. The third-order valence-electron chi connectivity index (χ3n) is 4.33. The standard InChI is InChI=1S/C14H21N3O3/c1-14(2)12(19)17(13(20)16-14)7-10(18)15-11(8-3-4-8)9-5-6-9/h8-9,11H,3-7H2,1-2H3,(H,15,18)(H,16,20). The van der Waals surface area contributed by atoms with Gasteiger partial charge in [0.2, 0.25) is 5.91 Å². The van der Waals surface area contributed by atoms with Crippen molar-refractivity contribution in [2.24, 2.45) is 11.8 Å². The molecular formula is C14H21N3O3. The van der Waals surface area contributed by atoms with Crippen LogP contribution in [0.25, 0.3) is 0 Å². The highest BCUT2D eigenvalue weighted by molar-refractivity contribution is 6.08. The third-order valence-corrected chi connectivity index (χ3v) is 4.33. The molecule has 20 heavy (non-hydrogen) atoms. The predicted octanol–water partition coefficient (Wildman–Crippen LogP) is 0.622. The number of nitrogens with zero attached hydrogens (tertiary/aromatic N) is 1. The molecule has 1 aliphatic heterocycles. The Hall–Kier alpha value is -1.59. The number of carbonyl (C=O) groups excluding carboxylic acids is 3. The van der Waals surface area contributed by atoms with Crippen LogP contribution in [0.3, 0.4) is 0 Å². The molecule has 6 nitrogen and oxygen atoms in total. The lowest BCUT2D eigenvalue weighted by Gasteiger charge is -2.20. The Balaban J connectivity index is 1.58. The number of urea groups is 1. The average molecular weight is 279 g/mol. The molecular weight excluding hydrogens is 258 g/mol. The van der Waals surface area contributed by atoms with Crippen molar-refractivity contribution in [2.45, 2.75) is 51.1 Å². The number of nitrogens with one attached hydrogen (secondary N) is 2. The molecule has 0 aromatic carbocycles. The number of hydrogen-bond donors (Lipinski definition) is 2. The maximum Gasteiger partial charge on any atom is 0.325 e. The second-order valence-electron chi connectivity index (χ2n) is 6.71. The van der Waals surface area contributed by atoms with Crippen molar-refractivity contribution in [2.75, 3.05) is 6.54 Å². The lowest BCUT2D eigenvalue weighted by molar-refractivity contribution is -0.134. The van der Waals surface area contributed by atoms with Gasteiger partial charge in [0.25, 0.3) is 5.91 Å². The van der Waals surface area contributed by atoms with E-state index in [2.05, 4.69) is 10.6 Å². The minimum atomic E-state index is -0.913. The van der Waals surface area contributed by atoms with E-state index >= 15 is 0 Å². The van der Waals surface area contributed by atoms with E-state index in [4.69, 9.17) is 0 Å². The van der Waals surface area contributed by atoms with Gasteiger partial charge in [-0.25, -0.2) is 4.79 Å². The van der Waals surface area contributed by atoms with Crippen LogP contribution in [0.1, 0.15) is 39.5 Å². The van der Waals surface area contributed by atoms with Gasteiger partial charge in [0.05, 0.1) is 0 Å². The molecule has 6 heteroatoms. The van der Waals surface area contributed by atoms with Crippen LogP contribution >= 0.6 is 0 Å². The van der Waals surface area contributed by atoms with Crippen LogP contribution in [0.4, 0.5) is 4.79 Å². The summed E-state index contributed by atoms with van der Waals surface area (Å²) in [4.78, 5) is 36.8. The summed E-state index contributed by atoms with van der Waals surface area (Å²) < 4.78 is 0. The van der Waals surface area contributed by atoms with Crippen LogP contribution in [-0.4, -0.2) is 40.9 Å².